The predicted molar refractivity (Wildman–Crippen MR) is 72.7 cm³/mol. The van der Waals surface area contributed by atoms with Crippen molar-refractivity contribution in [1.29, 1.82) is 0 Å². The molecule has 3 rings (SSSR count). The van der Waals surface area contributed by atoms with Gasteiger partial charge in [-0.1, -0.05) is 0 Å². The number of aryl methyl sites for hydroxylation is 1. The average Bonchev–Trinajstić information content (AvgIpc) is 2.81. The first-order valence-electron chi connectivity index (χ1n) is 6.15. The largest absolute Gasteiger partial charge is 0.506 e. The second kappa shape index (κ2) is 4.55. The van der Waals surface area contributed by atoms with Crippen LogP contribution in [0.25, 0.3) is 10.9 Å². The second-order valence-electron chi connectivity index (χ2n) is 4.70. The molecule has 1 atom stereocenters. The van der Waals surface area contributed by atoms with Crippen LogP contribution < -0.4 is 0 Å². The van der Waals surface area contributed by atoms with Crippen molar-refractivity contribution < 1.29 is 9.84 Å². The fourth-order valence-corrected chi connectivity index (χ4v) is 2.75. The van der Waals surface area contributed by atoms with E-state index in [0.717, 1.165) is 46.8 Å². The maximum absolute atomic E-state index is 10.1. The average molecular weight is 311 g/mol. The van der Waals surface area contributed by atoms with E-state index in [1.54, 1.807) is 6.20 Å². The number of nitrogens with zero attached hydrogens (tertiary/aromatic N) is 2. The highest BCUT2D eigenvalue weighted by Crippen LogP contribution is 2.37. The number of phenolic OH excluding ortho intramolecular Hbond substituents is 1. The monoisotopic (exact) mass is 310 g/mol. The van der Waals surface area contributed by atoms with Crippen molar-refractivity contribution in [2.45, 2.75) is 32.4 Å². The molecule has 1 aliphatic heterocycles. The molecule has 0 aliphatic carbocycles. The fourth-order valence-electron chi connectivity index (χ4n) is 2.42. The van der Waals surface area contributed by atoms with Crippen LogP contribution in [0.5, 0.6) is 5.75 Å². The molecule has 0 bridgehead atoms. The van der Waals surface area contributed by atoms with Crippen LogP contribution in [0.1, 0.15) is 31.1 Å². The summed E-state index contributed by atoms with van der Waals surface area (Å²) in [6, 6.07) is 2.03. The van der Waals surface area contributed by atoms with Crippen LogP contribution in [0, 0.1) is 6.92 Å². The van der Waals surface area contributed by atoms with Crippen LogP contribution in [0.3, 0.4) is 0 Å². The lowest BCUT2D eigenvalue weighted by Gasteiger charge is -2.23. The molecule has 2 aromatic rings. The summed E-state index contributed by atoms with van der Waals surface area (Å²) in [7, 11) is 0. The molecule has 1 aromatic carbocycles. The van der Waals surface area contributed by atoms with Gasteiger partial charge in [-0.05, 0) is 53.7 Å². The molecule has 1 fully saturated rings. The highest BCUT2D eigenvalue weighted by molar-refractivity contribution is 9.10. The molecule has 1 saturated heterocycles. The second-order valence-corrected chi connectivity index (χ2v) is 5.49. The summed E-state index contributed by atoms with van der Waals surface area (Å²) >= 11 is 3.39. The van der Waals surface area contributed by atoms with E-state index in [-0.39, 0.29) is 12.0 Å². The lowest BCUT2D eigenvalue weighted by Crippen LogP contribution is -2.18. The third kappa shape index (κ3) is 1.82. The lowest BCUT2D eigenvalue weighted by atomic mass is 10.1. The Morgan fingerprint density at radius 3 is 3.06 bits per heavy atom. The molecule has 2 heterocycles. The van der Waals surface area contributed by atoms with E-state index < -0.39 is 0 Å². The van der Waals surface area contributed by atoms with Crippen LogP contribution in [0.2, 0.25) is 0 Å². The summed E-state index contributed by atoms with van der Waals surface area (Å²) in [4.78, 5) is 0. The molecule has 1 aliphatic rings. The number of ether oxygens (including phenoxy) is 1. The van der Waals surface area contributed by atoms with Gasteiger partial charge in [0.25, 0.3) is 0 Å². The summed E-state index contributed by atoms with van der Waals surface area (Å²) in [5.41, 5.74) is 1.93. The molecule has 5 heteroatoms. The quantitative estimate of drug-likeness (QED) is 0.876. The number of fused-ring (bicyclic) bond motifs is 1. The zero-order valence-electron chi connectivity index (χ0n) is 10.2. The molecule has 96 valence electrons. The van der Waals surface area contributed by atoms with Crippen molar-refractivity contribution in [2.24, 2.45) is 0 Å². The number of hydrogen-bond donors (Lipinski definition) is 1. The third-order valence-electron chi connectivity index (χ3n) is 3.42. The van der Waals surface area contributed by atoms with Gasteiger partial charge in [0.05, 0.1) is 21.6 Å². The Morgan fingerprint density at radius 2 is 2.33 bits per heavy atom. The molecule has 1 aromatic heterocycles. The maximum Gasteiger partial charge on any atom is 0.150 e. The molecule has 0 amide bonds. The summed E-state index contributed by atoms with van der Waals surface area (Å²) in [6.07, 6.45) is 4.95. The number of aromatic hydroxyl groups is 1. The van der Waals surface area contributed by atoms with Crippen LogP contribution >= 0.6 is 15.9 Å². The van der Waals surface area contributed by atoms with Crippen LogP contribution in [-0.4, -0.2) is 21.5 Å². The van der Waals surface area contributed by atoms with Gasteiger partial charge in [0, 0.05) is 6.61 Å². The van der Waals surface area contributed by atoms with Crippen LogP contribution in [0.15, 0.2) is 16.7 Å². The van der Waals surface area contributed by atoms with Crippen molar-refractivity contribution in [2.75, 3.05) is 6.61 Å². The van der Waals surface area contributed by atoms with Gasteiger partial charge in [0.1, 0.15) is 5.75 Å². The van der Waals surface area contributed by atoms with E-state index in [9.17, 15) is 5.11 Å². The van der Waals surface area contributed by atoms with Gasteiger partial charge in [-0.3, -0.25) is 0 Å². The number of hydrogen-bond acceptors (Lipinski definition) is 3. The first-order valence-corrected chi connectivity index (χ1v) is 6.94. The van der Waals surface area contributed by atoms with Gasteiger partial charge >= 0.3 is 0 Å². The van der Waals surface area contributed by atoms with Crippen LogP contribution in [-0.2, 0) is 4.74 Å². The van der Waals surface area contributed by atoms with Gasteiger partial charge in [-0.15, -0.1) is 0 Å². The Morgan fingerprint density at radius 1 is 1.50 bits per heavy atom. The van der Waals surface area contributed by atoms with E-state index in [2.05, 4.69) is 21.0 Å². The highest BCUT2D eigenvalue weighted by atomic mass is 79.9. The Kier molecular flexibility index (Phi) is 3.03. The molecule has 1 unspecified atom stereocenters. The molecule has 18 heavy (non-hydrogen) atoms. The minimum Gasteiger partial charge on any atom is -0.506 e. The first kappa shape index (κ1) is 12.0. The van der Waals surface area contributed by atoms with Crippen molar-refractivity contribution in [3.63, 3.8) is 0 Å². The van der Waals surface area contributed by atoms with Crippen molar-refractivity contribution in [1.82, 2.24) is 9.78 Å². The molecule has 4 nitrogen and oxygen atoms in total. The number of phenols is 1. The van der Waals surface area contributed by atoms with E-state index in [4.69, 9.17) is 4.74 Å². The molecular formula is C13H15BrN2O2. The number of halogens is 1. The minimum absolute atomic E-state index is 0.00349. The Balaban J connectivity index is 2.13. The molecule has 1 N–H and O–H groups in total. The summed E-state index contributed by atoms with van der Waals surface area (Å²) in [5.74, 6) is 0.257. The van der Waals surface area contributed by atoms with Gasteiger partial charge in [0.2, 0.25) is 0 Å². The van der Waals surface area contributed by atoms with Crippen LogP contribution in [0.4, 0.5) is 0 Å². The summed E-state index contributed by atoms with van der Waals surface area (Å²) < 4.78 is 8.37. The molecule has 0 spiro atoms. The van der Waals surface area contributed by atoms with Gasteiger partial charge in [-0.25, -0.2) is 4.68 Å². The van der Waals surface area contributed by atoms with Crippen molar-refractivity contribution in [3.05, 3.63) is 22.3 Å². The van der Waals surface area contributed by atoms with E-state index in [1.807, 2.05) is 17.7 Å². The fraction of sp³-hybridized carbons (Fsp3) is 0.462. The third-order valence-corrected chi connectivity index (χ3v) is 4.43. The standard InChI is InChI=1S/C13H15BrN2O2/c1-8-6-10-9(13(17)12(8)14)7-15-16(10)11-4-2-3-5-18-11/h6-7,11,17H,2-5H2,1H3. The zero-order valence-corrected chi connectivity index (χ0v) is 11.8. The van der Waals surface area contributed by atoms with E-state index in [0.29, 0.717) is 0 Å². The number of benzene rings is 1. The SMILES string of the molecule is Cc1cc2c(cnn2C2CCCCO2)c(O)c1Br. The molecule has 0 saturated carbocycles. The van der Waals surface area contributed by atoms with E-state index in [1.165, 1.54) is 0 Å². The van der Waals surface area contributed by atoms with Gasteiger partial charge in [-0.2, -0.15) is 5.10 Å². The van der Waals surface area contributed by atoms with Crippen molar-refractivity contribution in [3.8, 4) is 5.75 Å². The van der Waals surface area contributed by atoms with Crippen molar-refractivity contribution >= 4 is 26.8 Å². The Hall–Kier alpha value is -1.07. The molecular weight excluding hydrogens is 296 g/mol. The Bertz CT molecular complexity index is 588. The summed E-state index contributed by atoms with van der Waals surface area (Å²) in [6.45, 7) is 2.75. The first-order chi connectivity index (χ1) is 8.68. The lowest BCUT2D eigenvalue weighted by molar-refractivity contribution is -0.0366. The maximum atomic E-state index is 10.1. The Labute approximate surface area is 114 Å². The predicted octanol–water partition coefficient (Wildman–Crippen LogP) is 3.51. The normalized spacial score (nSPS) is 20.4. The smallest absolute Gasteiger partial charge is 0.150 e. The van der Waals surface area contributed by atoms with Gasteiger partial charge < -0.3 is 9.84 Å². The number of aromatic nitrogens is 2. The van der Waals surface area contributed by atoms with Gasteiger partial charge in [0.15, 0.2) is 6.23 Å². The summed E-state index contributed by atoms with van der Waals surface area (Å²) in [5, 5.41) is 15.2. The minimum atomic E-state index is -0.00349. The number of rotatable bonds is 1. The van der Waals surface area contributed by atoms with E-state index >= 15 is 0 Å². The topological polar surface area (TPSA) is 47.3 Å². The zero-order chi connectivity index (χ0) is 12.7. The highest BCUT2D eigenvalue weighted by Gasteiger charge is 2.20. The molecule has 0 radical (unpaired) electrons.